The van der Waals surface area contributed by atoms with Gasteiger partial charge < -0.3 is 25.4 Å². The van der Waals surface area contributed by atoms with Crippen molar-refractivity contribution in [3.8, 4) is 11.5 Å². The first-order valence-electron chi connectivity index (χ1n) is 6.68. The second-order valence-electron chi connectivity index (χ2n) is 4.91. The molecule has 0 bridgehead atoms. The minimum atomic E-state index is -3.70. The van der Waals surface area contributed by atoms with E-state index in [1.54, 1.807) is 0 Å². The highest BCUT2D eigenvalue weighted by molar-refractivity contribution is 5.94. The molecule has 1 atom stereocenters. The summed E-state index contributed by atoms with van der Waals surface area (Å²) in [5, 5.41) is 7.62. The maximum Gasteiger partial charge on any atom is 0.586 e. The first-order valence-corrected chi connectivity index (χ1v) is 6.68. The van der Waals surface area contributed by atoms with Gasteiger partial charge in [-0.05, 0) is 25.0 Å². The van der Waals surface area contributed by atoms with Crippen LogP contribution in [0.3, 0.4) is 0 Å². The zero-order valence-corrected chi connectivity index (χ0v) is 11.3. The number of carbonyl (C=O) groups is 2. The quantitative estimate of drug-likeness (QED) is 0.770. The Balaban J connectivity index is 1.62. The molecule has 9 heteroatoms. The van der Waals surface area contributed by atoms with E-state index >= 15 is 0 Å². The van der Waals surface area contributed by atoms with E-state index in [9.17, 15) is 18.4 Å². The fraction of sp³-hybridized carbons (Fsp3) is 0.385. The van der Waals surface area contributed by atoms with Gasteiger partial charge in [0.2, 0.25) is 5.91 Å². The minimum Gasteiger partial charge on any atom is -0.395 e. The normalized spacial score (nSPS) is 21.9. The van der Waals surface area contributed by atoms with Crippen LogP contribution < -0.4 is 25.4 Å². The van der Waals surface area contributed by atoms with Gasteiger partial charge in [0, 0.05) is 18.3 Å². The summed E-state index contributed by atoms with van der Waals surface area (Å²) in [6.45, 7) is 0.592. The molecule has 22 heavy (non-hydrogen) atoms. The Morgan fingerprint density at radius 2 is 2.09 bits per heavy atom. The molecule has 0 radical (unpaired) electrons. The maximum absolute atomic E-state index is 12.9. The molecule has 2 heterocycles. The number of amides is 3. The number of benzene rings is 1. The number of halogens is 2. The van der Waals surface area contributed by atoms with Crippen molar-refractivity contribution in [1.29, 1.82) is 0 Å². The summed E-state index contributed by atoms with van der Waals surface area (Å²) < 4.78 is 34.3. The maximum atomic E-state index is 12.9. The smallest absolute Gasteiger partial charge is 0.395 e. The van der Waals surface area contributed by atoms with Crippen LogP contribution in [0, 0.1) is 0 Å². The lowest BCUT2D eigenvalue weighted by atomic mass is 10.1. The standard InChI is InChI=1S/C13H13F2N3O4/c14-13(15)21-9-4-3-7(6-10(9)22-13)17-12(20)18-8-2-1-5-16-11(8)19/h3-4,6,8H,1-2,5H2,(H,16,19)(H2,17,18,20). The van der Waals surface area contributed by atoms with Gasteiger partial charge in [-0.2, -0.15) is 0 Å². The van der Waals surface area contributed by atoms with Crippen LogP contribution in [0.5, 0.6) is 11.5 Å². The largest absolute Gasteiger partial charge is 0.586 e. The van der Waals surface area contributed by atoms with Crippen LogP contribution in [0.2, 0.25) is 0 Å². The van der Waals surface area contributed by atoms with Gasteiger partial charge in [-0.25, -0.2) is 4.79 Å². The summed E-state index contributed by atoms with van der Waals surface area (Å²) in [5.74, 6) is -0.521. The Morgan fingerprint density at radius 1 is 1.32 bits per heavy atom. The number of rotatable bonds is 2. The molecule has 2 aliphatic rings. The van der Waals surface area contributed by atoms with Gasteiger partial charge in [0.05, 0.1) is 0 Å². The highest BCUT2D eigenvalue weighted by Crippen LogP contribution is 2.42. The molecule has 3 rings (SSSR count). The molecule has 1 aromatic carbocycles. The van der Waals surface area contributed by atoms with Crippen LogP contribution in [-0.2, 0) is 4.79 Å². The van der Waals surface area contributed by atoms with E-state index in [2.05, 4.69) is 25.4 Å². The van der Waals surface area contributed by atoms with Gasteiger partial charge in [0.1, 0.15) is 6.04 Å². The molecular weight excluding hydrogens is 300 g/mol. The third kappa shape index (κ3) is 3.02. The van der Waals surface area contributed by atoms with Gasteiger partial charge in [0.15, 0.2) is 11.5 Å². The lowest BCUT2D eigenvalue weighted by Crippen LogP contribution is -2.51. The molecule has 0 spiro atoms. The third-order valence-electron chi connectivity index (χ3n) is 3.25. The number of nitrogens with one attached hydrogen (secondary N) is 3. The number of hydrogen-bond donors (Lipinski definition) is 3. The van der Waals surface area contributed by atoms with Crippen molar-refractivity contribution >= 4 is 17.6 Å². The molecule has 3 amide bonds. The van der Waals surface area contributed by atoms with Crippen LogP contribution in [0.15, 0.2) is 18.2 Å². The van der Waals surface area contributed by atoms with Gasteiger partial charge >= 0.3 is 12.3 Å². The summed E-state index contributed by atoms with van der Waals surface area (Å²) >= 11 is 0. The Bertz CT molecular complexity index is 623. The third-order valence-corrected chi connectivity index (χ3v) is 3.25. The zero-order valence-electron chi connectivity index (χ0n) is 11.3. The summed E-state index contributed by atoms with van der Waals surface area (Å²) in [4.78, 5) is 23.4. The molecule has 1 fully saturated rings. The van der Waals surface area contributed by atoms with Crippen molar-refractivity contribution in [1.82, 2.24) is 10.6 Å². The molecule has 1 saturated heterocycles. The van der Waals surface area contributed by atoms with Crippen molar-refractivity contribution in [3.05, 3.63) is 18.2 Å². The van der Waals surface area contributed by atoms with E-state index in [1.165, 1.54) is 18.2 Å². The van der Waals surface area contributed by atoms with E-state index < -0.39 is 18.4 Å². The number of ether oxygens (including phenoxy) is 2. The fourth-order valence-electron chi connectivity index (χ4n) is 2.26. The van der Waals surface area contributed by atoms with Crippen LogP contribution in [0.25, 0.3) is 0 Å². The number of carbonyl (C=O) groups excluding carboxylic acids is 2. The average Bonchev–Trinajstić information content (AvgIpc) is 2.74. The van der Waals surface area contributed by atoms with Gasteiger partial charge in [-0.1, -0.05) is 0 Å². The summed E-state index contributed by atoms with van der Waals surface area (Å²) in [6, 6.07) is 2.67. The molecule has 0 aromatic heterocycles. The Hall–Kier alpha value is -2.58. The van der Waals surface area contributed by atoms with Crippen LogP contribution in [0.1, 0.15) is 12.8 Å². The highest BCUT2D eigenvalue weighted by Gasteiger charge is 2.43. The molecule has 118 valence electrons. The monoisotopic (exact) mass is 313 g/mol. The van der Waals surface area contributed by atoms with E-state index in [0.29, 0.717) is 13.0 Å². The van der Waals surface area contributed by atoms with E-state index in [-0.39, 0.29) is 23.1 Å². The van der Waals surface area contributed by atoms with Gasteiger partial charge in [-0.3, -0.25) is 4.79 Å². The number of piperidine rings is 1. The van der Waals surface area contributed by atoms with Crippen LogP contribution >= 0.6 is 0 Å². The summed E-state index contributed by atoms with van der Waals surface area (Å²) in [5.41, 5.74) is 0.244. The zero-order chi connectivity index (χ0) is 15.7. The Kier molecular flexibility index (Phi) is 3.47. The topological polar surface area (TPSA) is 88.7 Å². The first-order chi connectivity index (χ1) is 10.4. The Morgan fingerprint density at radius 3 is 2.86 bits per heavy atom. The number of alkyl halides is 2. The summed E-state index contributed by atoms with van der Waals surface area (Å²) in [6.07, 6.45) is -2.38. The molecule has 7 nitrogen and oxygen atoms in total. The predicted molar refractivity (Wildman–Crippen MR) is 70.8 cm³/mol. The van der Waals surface area contributed by atoms with Crippen LogP contribution in [-0.4, -0.2) is 30.8 Å². The van der Waals surface area contributed by atoms with Gasteiger partial charge in [0.25, 0.3) is 0 Å². The number of hydrogen-bond acceptors (Lipinski definition) is 4. The molecule has 0 aliphatic carbocycles. The fourth-order valence-corrected chi connectivity index (χ4v) is 2.26. The molecule has 2 aliphatic heterocycles. The molecular formula is C13H13F2N3O4. The van der Waals surface area contributed by atoms with Crippen LogP contribution in [0.4, 0.5) is 19.3 Å². The lowest BCUT2D eigenvalue weighted by molar-refractivity contribution is -0.286. The van der Waals surface area contributed by atoms with E-state index in [4.69, 9.17) is 0 Å². The van der Waals surface area contributed by atoms with Crippen molar-refractivity contribution in [2.75, 3.05) is 11.9 Å². The molecule has 1 aromatic rings. The van der Waals surface area contributed by atoms with Crippen molar-refractivity contribution in [2.45, 2.75) is 25.2 Å². The van der Waals surface area contributed by atoms with E-state index in [1.807, 2.05) is 0 Å². The van der Waals surface area contributed by atoms with Crippen molar-refractivity contribution in [2.24, 2.45) is 0 Å². The number of urea groups is 1. The predicted octanol–water partition coefficient (Wildman–Crippen LogP) is 1.41. The summed E-state index contributed by atoms with van der Waals surface area (Å²) in [7, 11) is 0. The van der Waals surface area contributed by atoms with Crippen molar-refractivity contribution in [3.63, 3.8) is 0 Å². The molecule has 3 N–H and O–H groups in total. The highest BCUT2D eigenvalue weighted by atomic mass is 19.3. The minimum absolute atomic E-state index is 0.109. The molecule has 1 unspecified atom stereocenters. The average molecular weight is 313 g/mol. The molecule has 0 saturated carbocycles. The van der Waals surface area contributed by atoms with Crippen molar-refractivity contribution < 1.29 is 27.8 Å². The second-order valence-corrected chi connectivity index (χ2v) is 4.91. The van der Waals surface area contributed by atoms with Gasteiger partial charge in [-0.15, -0.1) is 8.78 Å². The lowest BCUT2D eigenvalue weighted by Gasteiger charge is -2.22. The SMILES string of the molecule is O=C(Nc1ccc2c(c1)OC(F)(F)O2)NC1CCCNC1=O. The van der Waals surface area contributed by atoms with E-state index in [0.717, 1.165) is 6.42 Å². The first kappa shape index (κ1) is 14.4. The Labute approximate surface area is 124 Å². The number of fused-ring (bicyclic) bond motifs is 1. The number of anilines is 1. The second kappa shape index (κ2) is 5.32.